The molecule has 0 aliphatic rings. The van der Waals surface area contributed by atoms with E-state index in [0.717, 1.165) is 0 Å². The van der Waals surface area contributed by atoms with Gasteiger partial charge in [0.2, 0.25) is 0 Å². The van der Waals surface area contributed by atoms with E-state index in [1.165, 1.54) is 27.7 Å². The van der Waals surface area contributed by atoms with Crippen LogP contribution < -0.4 is 0 Å². The SMILES string of the molecule is CC(=O)OC(C)CC(C)(O)C(C)(C)O. The molecule has 0 spiro atoms. The first kappa shape index (κ1) is 13.4. The molecule has 4 heteroatoms. The first-order chi connectivity index (χ1) is 6.06. The van der Waals surface area contributed by atoms with E-state index >= 15 is 0 Å². The van der Waals surface area contributed by atoms with E-state index in [0.29, 0.717) is 0 Å². The van der Waals surface area contributed by atoms with Crippen LogP contribution in [-0.2, 0) is 9.53 Å². The molecule has 4 nitrogen and oxygen atoms in total. The van der Waals surface area contributed by atoms with Crippen molar-refractivity contribution in [2.75, 3.05) is 0 Å². The highest BCUT2D eigenvalue weighted by molar-refractivity contribution is 5.66. The monoisotopic (exact) mass is 204 g/mol. The lowest BCUT2D eigenvalue weighted by Crippen LogP contribution is -2.49. The molecule has 0 aromatic rings. The summed E-state index contributed by atoms with van der Waals surface area (Å²) in [6.07, 6.45) is -0.204. The number of carbonyl (C=O) groups excluding carboxylic acids is 1. The van der Waals surface area contributed by atoms with Crippen LogP contribution in [0.5, 0.6) is 0 Å². The predicted molar refractivity (Wildman–Crippen MR) is 52.8 cm³/mol. The van der Waals surface area contributed by atoms with E-state index in [-0.39, 0.29) is 12.4 Å². The molecule has 14 heavy (non-hydrogen) atoms. The van der Waals surface area contributed by atoms with Gasteiger partial charge in [-0.1, -0.05) is 0 Å². The van der Waals surface area contributed by atoms with Gasteiger partial charge < -0.3 is 14.9 Å². The zero-order valence-electron chi connectivity index (χ0n) is 9.50. The van der Waals surface area contributed by atoms with Crippen molar-refractivity contribution in [2.45, 2.75) is 58.3 Å². The van der Waals surface area contributed by atoms with E-state index in [1.54, 1.807) is 6.92 Å². The molecule has 0 heterocycles. The van der Waals surface area contributed by atoms with Crippen LogP contribution >= 0.6 is 0 Å². The van der Waals surface area contributed by atoms with Crippen molar-refractivity contribution in [1.82, 2.24) is 0 Å². The van der Waals surface area contributed by atoms with Crippen molar-refractivity contribution in [3.63, 3.8) is 0 Å². The maximum absolute atomic E-state index is 10.6. The lowest BCUT2D eigenvalue weighted by molar-refractivity contribution is -0.160. The molecule has 0 fully saturated rings. The molecule has 84 valence electrons. The Hall–Kier alpha value is -0.610. The minimum Gasteiger partial charge on any atom is -0.463 e. The van der Waals surface area contributed by atoms with Crippen LogP contribution in [0.1, 0.15) is 41.0 Å². The third kappa shape index (κ3) is 4.07. The summed E-state index contributed by atoms with van der Waals surface area (Å²) in [6, 6.07) is 0. The molecule has 0 amide bonds. The van der Waals surface area contributed by atoms with Gasteiger partial charge in [-0.05, 0) is 27.7 Å². The number of hydrogen-bond donors (Lipinski definition) is 2. The average Bonchev–Trinajstić information content (AvgIpc) is 1.79. The maximum Gasteiger partial charge on any atom is 0.302 e. The molecule has 0 saturated carbocycles. The van der Waals surface area contributed by atoms with Gasteiger partial charge in [-0.25, -0.2) is 0 Å². The summed E-state index contributed by atoms with van der Waals surface area (Å²) in [5, 5.41) is 19.5. The van der Waals surface area contributed by atoms with E-state index in [1.807, 2.05) is 0 Å². The minimum absolute atomic E-state index is 0.204. The van der Waals surface area contributed by atoms with Crippen molar-refractivity contribution >= 4 is 5.97 Å². The smallest absolute Gasteiger partial charge is 0.302 e. The second-order valence-electron chi connectivity index (χ2n) is 4.46. The van der Waals surface area contributed by atoms with Crippen molar-refractivity contribution < 1.29 is 19.7 Å². The highest BCUT2D eigenvalue weighted by Crippen LogP contribution is 2.26. The molecular weight excluding hydrogens is 184 g/mol. The lowest BCUT2D eigenvalue weighted by atomic mass is 9.83. The van der Waals surface area contributed by atoms with Gasteiger partial charge in [0.1, 0.15) is 6.10 Å². The summed E-state index contributed by atoms with van der Waals surface area (Å²) in [5.74, 6) is -0.385. The van der Waals surface area contributed by atoms with Gasteiger partial charge in [0.05, 0.1) is 11.2 Å². The molecule has 0 aromatic heterocycles. The summed E-state index contributed by atoms with van der Waals surface area (Å²) in [7, 11) is 0. The maximum atomic E-state index is 10.6. The third-order valence-corrected chi connectivity index (χ3v) is 2.37. The molecule has 0 saturated heterocycles. The molecule has 0 aliphatic heterocycles. The molecule has 0 aromatic carbocycles. The first-order valence-corrected chi connectivity index (χ1v) is 4.68. The zero-order chi connectivity index (χ0) is 11.6. The number of rotatable bonds is 4. The number of ether oxygens (including phenoxy) is 1. The van der Waals surface area contributed by atoms with Crippen LogP contribution in [0, 0.1) is 0 Å². The Morgan fingerprint density at radius 1 is 1.36 bits per heavy atom. The van der Waals surface area contributed by atoms with Crippen LogP contribution in [-0.4, -0.2) is 33.5 Å². The van der Waals surface area contributed by atoms with E-state index in [2.05, 4.69) is 0 Å². The Balaban J connectivity index is 4.29. The molecule has 2 atom stereocenters. The largest absolute Gasteiger partial charge is 0.463 e. The Morgan fingerprint density at radius 2 is 1.79 bits per heavy atom. The fourth-order valence-electron chi connectivity index (χ4n) is 1.13. The van der Waals surface area contributed by atoms with Gasteiger partial charge in [-0.3, -0.25) is 4.79 Å². The average molecular weight is 204 g/mol. The second kappa shape index (κ2) is 4.28. The summed E-state index contributed by atoms with van der Waals surface area (Å²) >= 11 is 0. The first-order valence-electron chi connectivity index (χ1n) is 4.68. The van der Waals surface area contributed by atoms with Crippen molar-refractivity contribution in [1.29, 1.82) is 0 Å². The summed E-state index contributed by atoms with van der Waals surface area (Å²) < 4.78 is 4.87. The van der Waals surface area contributed by atoms with E-state index in [4.69, 9.17) is 4.74 Å². The number of carbonyl (C=O) groups is 1. The third-order valence-electron chi connectivity index (χ3n) is 2.37. The Bertz CT molecular complexity index is 203. The molecule has 0 aliphatic carbocycles. The van der Waals surface area contributed by atoms with Crippen LogP contribution in [0.4, 0.5) is 0 Å². The Labute approximate surface area is 84.9 Å². The van der Waals surface area contributed by atoms with Gasteiger partial charge in [0.15, 0.2) is 0 Å². The second-order valence-corrected chi connectivity index (χ2v) is 4.46. The standard InChI is InChI=1S/C10H20O4/c1-7(14-8(2)11)6-10(5,13)9(3,4)12/h7,12-13H,6H2,1-5H3. The fourth-order valence-corrected chi connectivity index (χ4v) is 1.13. The van der Waals surface area contributed by atoms with Crippen LogP contribution in [0.25, 0.3) is 0 Å². The molecule has 2 N–H and O–H groups in total. The summed E-state index contributed by atoms with van der Waals surface area (Å²) in [4.78, 5) is 10.6. The molecule has 0 rings (SSSR count). The quantitative estimate of drug-likeness (QED) is 0.666. The molecule has 0 bridgehead atoms. The van der Waals surface area contributed by atoms with E-state index in [9.17, 15) is 15.0 Å². The number of hydrogen-bond acceptors (Lipinski definition) is 4. The highest BCUT2D eigenvalue weighted by Gasteiger charge is 2.39. The van der Waals surface area contributed by atoms with E-state index < -0.39 is 17.3 Å². The Kier molecular flexibility index (Phi) is 4.09. The van der Waals surface area contributed by atoms with Gasteiger partial charge in [0, 0.05) is 13.3 Å². The summed E-state index contributed by atoms with van der Waals surface area (Å²) in [5.41, 5.74) is -2.50. The fraction of sp³-hybridized carbons (Fsp3) is 0.900. The van der Waals surface area contributed by atoms with Gasteiger partial charge >= 0.3 is 5.97 Å². The van der Waals surface area contributed by atoms with Crippen molar-refractivity contribution in [2.24, 2.45) is 0 Å². The zero-order valence-corrected chi connectivity index (χ0v) is 9.50. The summed E-state index contributed by atoms with van der Waals surface area (Å²) in [6.45, 7) is 7.56. The van der Waals surface area contributed by atoms with Crippen molar-refractivity contribution in [3.8, 4) is 0 Å². The lowest BCUT2D eigenvalue weighted by Gasteiger charge is -2.37. The Morgan fingerprint density at radius 3 is 2.07 bits per heavy atom. The minimum atomic E-state index is -1.28. The van der Waals surface area contributed by atoms with Crippen LogP contribution in [0.2, 0.25) is 0 Å². The van der Waals surface area contributed by atoms with Gasteiger partial charge in [-0.15, -0.1) is 0 Å². The number of esters is 1. The highest BCUT2D eigenvalue weighted by atomic mass is 16.5. The van der Waals surface area contributed by atoms with Crippen LogP contribution in [0.15, 0.2) is 0 Å². The topological polar surface area (TPSA) is 66.8 Å². The predicted octanol–water partition coefficient (Wildman–Crippen LogP) is 0.850. The number of aliphatic hydroxyl groups is 2. The molecule has 0 radical (unpaired) electrons. The van der Waals surface area contributed by atoms with Crippen molar-refractivity contribution in [3.05, 3.63) is 0 Å². The van der Waals surface area contributed by atoms with Gasteiger partial charge in [-0.2, -0.15) is 0 Å². The normalized spacial score (nSPS) is 18.5. The van der Waals surface area contributed by atoms with Gasteiger partial charge in [0.25, 0.3) is 0 Å². The van der Waals surface area contributed by atoms with Crippen LogP contribution in [0.3, 0.4) is 0 Å². The molecule has 2 unspecified atom stereocenters. The molecular formula is C10H20O4.